The summed E-state index contributed by atoms with van der Waals surface area (Å²) in [6.07, 6.45) is 1.16. The molecule has 0 saturated heterocycles. The Morgan fingerprint density at radius 2 is 2.00 bits per heavy atom. The van der Waals surface area contributed by atoms with E-state index < -0.39 is 0 Å². The Hall–Kier alpha value is -1.16. The van der Waals surface area contributed by atoms with Gasteiger partial charge in [0.2, 0.25) is 0 Å². The fourth-order valence-corrected chi connectivity index (χ4v) is 3.42. The number of hydrogen-bond acceptors (Lipinski definition) is 4. The van der Waals surface area contributed by atoms with Gasteiger partial charge in [0.15, 0.2) is 5.17 Å². The van der Waals surface area contributed by atoms with Gasteiger partial charge in [0, 0.05) is 31.2 Å². The molecule has 0 fully saturated rings. The number of thioether (sulfide) groups is 1. The molecule has 1 N–H and O–H groups in total. The van der Waals surface area contributed by atoms with Crippen molar-refractivity contribution in [2.75, 3.05) is 30.1 Å². The normalized spacial score (nSPS) is 19.1. The lowest BCUT2D eigenvalue weighted by molar-refractivity contribution is 0.316. The Morgan fingerprint density at radius 1 is 1.29 bits per heavy atom. The molecule has 1 aliphatic heterocycles. The lowest BCUT2D eigenvalue weighted by Gasteiger charge is -2.31. The molecule has 0 bridgehead atoms. The fourth-order valence-electron chi connectivity index (χ4n) is 2.50. The molecule has 1 unspecified atom stereocenters. The maximum absolute atomic E-state index is 4.90. The van der Waals surface area contributed by atoms with Crippen LogP contribution in [0.2, 0.25) is 0 Å². The van der Waals surface area contributed by atoms with Crippen molar-refractivity contribution in [1.82, 2.24) is 0 Å². The van der Waals surface area contributed by atoms with Gasteiger partial charge in [0.1, 0.15) is 0 Å². The molecule has 0 saturated carbocycles. The number of anilines is 2. The number of nitrogens with one attached hydrogen (secondary N) is 1. The lowest BCUT2D eigenvalue weighted by atomic mass is 9.85. The van der Waals surface area contributed by atoms with Gasteiger partial charge in [-0.15, -0.1) is 0 Å². The SMILES string of the molecule is Cc1ccc(NC2=NC(C(C)(C)C)CCS2)cc1N(C)C. The number of nitrogens with zero attached hydrogens (tertiary/aromatic N) is 2. The number of benzene rings is 1. The Labute approximate surface area is 133 Å². The molecule has 1 heterocycles. The third-order valence-electron chi connectivity index (χ3n) is 3.85. The van der Waals surface area contributed by atoms with Crippen LogP contribution >= 0.6 is 11.8 Å². The van der Waals surface area contributed by atoms with Gasteiger partial charge in [-0.05, 0) is 36.5 Å². The molecule has 0 aromatic heterocycles. The summed E-state index contributed by atoms with van der Waals surface area (Å²) in [4.78, 5) is 7.05. The second-order valence-electron chi connectivity index (χ2n) is 6.97. The van der Waals surface area contributed by atoms with Crippen molar-refractivity contribution in [2.24, 2.45) is 10.4 Å². The summed E-state index contributed by atoms with van der Waals surface area (Å²) in [6.45, 7) is 8.95. The second kappa shape index (κ2) is 6.30. The van der Waals surface area contributed by atoms with Crippen molar-refractivity contribution in [3.8, 4) is 0 Å². The van der Waals surface area contributed by atoms with Gasteiger partial charge in [-0.2, -0.15) is 0 Å². The highest BCUT2D eigenvalue weighted by Crippen LogP contribution is 2.31. The van der Waals surface area contributed by atoms with Crippen LogP contribution in [0, 0.1) is 12.3 Å². The number of aliphatic imine (C=N–C) groups is 1. The quantitative estimate of drug-likeness (QED) is 0.878. The van der Waals surface area contributed by atoms with E-state index in [0.717, 1.165) is 23.0 Å². The van der Waals surface area contributed by atoms with E-state index in [2.05, 4.69) is 70.2 Å². The first kappa shape index (κ1) is 16.2. The van der Waals surface area contributed by atoms with E-state index in [1.54, 1.807) is 0 Å². The van der Waals surface area contributed by atoms with Crippen molar-refractivity contribution >= 4 is 28.3 Å². The van der Waals surface area contributed by atoms with Crippen LogP contribution in [0.25, 0.3) is 0 Å². The minimum Gasteiger partial charge on any atom is -0.377 e. The first-order chi connectivity index (χ1) is 9.77. The van der Waals surface area contributed by atoms with Gasteiger partial charge < -0.3 is 10.2 Å². The van der Waals surface area contributed by atoms with Crippen LogP contribution in [0.1, 0.15) is 32.8 Å². The smallest absolute Gasteiger partial charge is 0.161 e. The van der Waals surface area contributed by atoms with Gasteiger partial charge in [0.05, 0.1) is 6.04 Å². The zero-order valence-corrected chi connectivity index (χ0v) is 14.8. The molecule has 1 atom stereocenters. The van der Waals surface area contributed by atoms with Crippen molar-refractivity contribution in [1.29, 1.82) is 0 Å². The standard InChI is InChI=1S/C17H27N3S/c1-12-7-8-13(11-14(12)20(5)6)18-16-19-15(9-10-21-16)17(2,3)4/h7-8,11,15H,9-10H2,1-6H3,(H,18,19). The predicted molar refractivity (Wildman–Crippen MR) is 96.9 cm³/mol. The van der Waals surface area contributed by atoms with Crippen molar-refractivity contribution < 1.29 is 0 Å². The predicted octanol–water partition coefficient (Wildman–Crippen LogP) is 4.38. The zero-order valence-electron chi connectivity index (χ0n) is 14.0. The summed E-state index contributed by atoms with van der Waals surface area (Å²) in [5.74, 6) is 1.14. The molecule has 0 amide bonds. The van der Waals surface area contributed by atoms with Crippen molar-refractivity contribution in [2.45, 2.75) is 40.2 Å². The Bertz CT molecular complexity index is 529. The molecular formula is C17H27N3S. The van der Waals surface area contributed by atoms with E-state index in [0.29, 0.717) is 6.04 Å². The number of hydrogen-bond donors (Lipinski definition) is 1. The molecular weight excluding hydrogens is 278 g/mol. The minimum atomic E-state index is 0.232. The largest absolute Gasteiger partial charge is 0.377 e. The number of aryl methyl sites for hydroxylation is 1. The van der Waals surface area contributed by atoms with Crippen LogP contribution in [-0.2, 0) is 0 Å². The lowest BCUT2D eigenvalue weighted by Crippen LogP contribution is -2.30. The Morgan fingerprint density at radius 3 is 2.62 bits per heavy atom. The Balaban J connectivity index is 2.18. The molecule has 0 spiro atoms. The molecule has 3 nitrogen and oxygen atoms in total. The molecule has 2 rings (SSSR count). The van der Waals surface area contributed by atoms with Gasteiger partial charge in [-0.3, -0.25) is 4.99 Å². The van der Waals surface area contributed by atoms with Gasteiger partial charge >= 0.3 is 0 Å². The van der Waals surface area contributed by atoms with E-state index in [1.807, 2.05) is 11.8 Å². The summed E-state index contributed by atoms with van der Waals surface area (Å²) < 4.78 is 0. The average Bonchev–Trinajstić information content (AvgIpc) is 2.40. The van der Waals surface area contributed by atoms with E-state index in [1.165, 1.54) is 11.3 Å². The third kappa shape index (κ3) is 4.16. The molecule has 1 aliphatic rings. The van der Waals surface area contributed by atoms with Crippen LogP contribution in [0.15, 0.2) is 23.2 Å². The second-order valence-corrected chi connectivity index (χ2v) is 8.06. The van der Waals surface area contributed by atoms with Crippen LogP contribution in [0.3, 0.4) is 0 Å². The Kier molecular flexibility index (Phi) is 4.87. The molecule has 0 radical (unpaired) electrons. The summed E-state index contributed by atoms with van der Waals surface area (Å²) in [6, 6.07) is 6.89. The third-order valence-corrected chi connectivity index (χ3v) is 4.77. The van der Waals surface area contributed by atoms with E-state index >= 15 is 0 Å². The minimum absolute atomic E-state index is 0.232. The van der Waals surface area contributed by atoms with Gasteiger partial charge in [-0.25, -0.2) is 0 Å². The summed E-state index contributed by atoms with van der Waals surface area (Å²) >= 11 is 1.82. The molecule has 0 aliphatic carbocycles. The van der Waals surface area contributed by atoms with Crippen molar-refractivity contribution in [3.63, 3.8) is 0 Å². The number of rotatable bonds is 2. The van der Waals surface area contributed by atoms with Crippen LogP contribution in [0.5, 0.6) is 0 Å². The van der Waals surface area contributed by atoms with Gasteiger partial charge in [-0.1, -0.05) is 38.6 Å². The summed E-state index contributed by atoms with van der Waals surface area (Å²) in [7, 11) is 4.16. The fraction of sp³-hybridized carbons (Fsp3) is 0.588. The maximum Gasteiger partial charge on any atom is 0.161 e. The first-order valence-corrected chi connectivity index (χ1v) is 8.51. The van der Waals surface area contributed by atoms with Crippen LogP contribution in [0.4, 0.5) is 11.4 Å². The first-order valence-electron chi connectivity index (χ1n) is 7.53. The molecule has 4 heteroatoms. The summed E-state index contributed by atoms with van der Waals surface area (Å²) in [5, 5.41) is 4.54. The van der Waals surface area contributed by atoms with E-state index in [4.69, 9.17) is 4.99 Å². The maximum atomic E-state index is 4.90. The van der Waals surface area contributed by atoms with Crippen LogP contribution < -0.4 is 10.2 Å². The molecule has 21 heavy (non-hydrogen) atoms. The van der Waals surface area contributed by atoms with E-state index in [9.17, 15) is 0 Å². The zero-order chi connectivity index (χ0) is 15.6. The average molecular weight is 305 g/mol. The summed E-state index contributed by atoms with van der Waals surface area (Å²) in [5.41, 5.74) is 3.88. The van der Waals surface area contributed by atoms with Gasteiger partial charge in [0.25, 0.3) is 0 Å². The monoisotopic (exact) mass is 305 g/mol. The highest BCUT2D eigenvalue weighted by atomic mass is 32.2. The van der Waals surface area contributed by atoms with Crippen LogP contribution in [-0.4, -0.2) is 31.1 Å². The highest BCUT2D eigenvalue weighted by Gasteiger charge is 2.27. The highest BCUT2D eigenvalue weighted by molar-refractivity contribution is 8.14. The van der Waals surface area contributed by atoms with Crippen molar-refractivity contribution in [3.05, 3.63) is 23.8 Å². The molecule has 1 aromatic rings. The molecule has 1 aromatic carbocycles. The topological polar surface area (TPSA) is 27.6 Å². The number of amidine groups is 1. The molecule has 116 valence electrons. The van der Waals surface area contributed by atoms with E-state index in [-0.39, 0.29) is 5.41 Å².